The van der Waals surface area contributed by atoms with Crippen LogP contribution in [0.15, 0.2) is 174 Å². The molecule has 1 heteroatoms. The van der Waals surface area contributed by atoms with Gasteiger partial charge in [-0.15, -0.1) is 0 Å². The minimum Gasteiger partial charge on any atom is -0.456 e. The topological polar surface area (TPSA) is 13.1 Å². The Morgan fingerprint density at radius 3 is 1.44 bits per heavy atom. The van der Waals surface area contributed by atoms with Gasteiger partial charge in [0.15, 0.2) is 0 Å². The summed E-state index contributed by atoms with van der Waals surface area (Å²) in [6.07, 6.45) is 0. The van der Waals surface area contributed by atoms with Crippen LogP contribution >= 0.6 is 0 Å². The zero-order valence-corrected chi connectivity index (χ0v) is 22.4. The lowest BCUT2D eigenvalue weighted by molar-refractivity contribution is 0.669. The minimum atomic E-state index is -1.07. The zero-order valence-electron chi connectivity index (χ0n) is 50.4. The Hall–Kier alpha value is -5.92. The van der Waals surface area contributed by atoms with Gasteiger partial charge in [0.1, 0.15) is 11.2 Å². The Kier molecular flexibility index (Phi) is 2.32. The van der Waals surface area contributed by atoms with Gasteiger partial charge in [0.05, 0.1) is 38.4 Å². The first kappa shape index (κ1) is 10.1. The molecule has 9 rings (SSSR count). The van der Waals surface area contributed by atoms with Gasteiger partial charge >= 0.3 is 0 Å². The summed E-state index contributed by atoms with van der Waals surface area (Å²) in [6, 6.07) is -26.4. The summed E-state index contributed by atoms with van der Waals surface area (Å²) in [5.74, 6) is 0. The van der Waals surface area contributed by atoms with Crippen molar-refractivity contribution in [3.05, 3.63) is 169 Å². The van der Waals surface area contributed by atoms with Gasteiger partial charge in [-0.3, -0.25) is 0 Å². The lowest BCUT2D eigenvalue weighted by Crippen LogP contribution is -1.91. The molecular weight excluding hydrogens is 544 g/mol. The maximum absolute atomic E-state index is 9.72. The fraction of sp³-hybridized carbons (Fsp3) is 0. The number of hydrogen-bond donors (Lipinski definition) is 0. The molecule has 0 aliphatic rings. The van der Waals surface area contributed by atoms with Gasteiger partial charge in [-0.25, -0.2) is 0 Å². The Morgan fingerprint density at radius 2 is 0.822 bits per heavy atom. The molecule has 210 valence electrons. The molecule has 0 unspecified atom stereocenters. The highest BCUT2D eigenvalue weighted by Crippen LogP contribution is 2.45. The molecule has 0 fully saturated rings. The minimum absolute atomic E-state index is 0.498. The van der Waals surface area contributed by atoms with E-state index in [0.29, 0.717) is 0 Å². The fourth-order valence-corrected chi connectivity index (χ4v) is 5.20. The Labute approximate surface area is 301 Å². The third-order valence-electron chi connectivity index (χ3n) is 7.07. The van der Waals surface area contributed by atoms with Crippen LogP contribution in [0.2, 0.25) is 0 Å². The van der Waals surface area contributed by atoms with Gasteiger partial charge < -0.3 is 4.42 Å². The van der Waals surface area contributed by atoms with Crippen LogP contribution in [-0.2, 0) is 0 Å². The Bertz CT molecular complexity index is 3950. The maximum atomic E-state index is 9.72. The van der Waals surface area contributed by atoms with E-state index in [-0.39, 0.29) is 0 Å². The summed E-state index contributed by atoms with van der Waals surface area (Å²) in [6.45, 7) is 0. The molecule has 0 amide bonds. The Balaban J connectivity index is 1.54. The summed E-state index contributed by atoms with van der Waals surface area (Å²) < 4.78 is 255. The molecule has 0 atom stereocenters. The van der Waals surface area contributed by atoms with Gasteiger partial charge in [0.25, 0.3) is 0 Å². The molecule has 8 aromatic carbocycles. The van der Waals surface area contributed by atoms with Crippen LogP contribution in [0.25, 0.3) is 88.0 Å². The highest BCUT2D eigenvalue weighted by molar-refractivity contribution is 6.22. The predicted molar refractivity (Wildman–Crippen MR) is 190 cm³/mol. The first-order valence-electron chi connectivity index (χ1n) is 27.2. The molecule has 9 aromatic rings. The van der Waals surface area contributed by atoms with Crippen LogP contribution in [0.4, 0.5) is 0 Å². The van der Waals surface area contributed by atoms with Gasteiger partial charge in [-0.05, 0) is 84.2 Å². The highest BCUT2D eigenvalue weighted by Gasteiger charge is 2.18. The second-order valence-electron chi connectivity index (χ2n) is 9.51. The van der Waals surface area contributed by atoms with E-state index >= 15 is 0 Å². The lowest BCUT2D eigenvalue weighted by Gasteiger charge is -2.18. The molecular formula is C44H28O. The first-order valence-corrected chi connectivity index (χ1v) is 13.2. The lowest BCUT2D eigenvalue weighted by atomic mass is 9.85. The number of benzene rings is 8. The number of rotatable bonds is 4. The van der Waals surface area contributed by atoms with Crippen molar-refractivity contribution in [2.24, 2.45) is 0 Å². The van der Waals surface area contributed by atoms with E-state index < -0.39 is 257 Å². The standard InChI is InChI=1S/C44H28O/c1-3-12-29(13-4-1)30-22-24-32(25-23-30)42-35-16-7-9-18-37(35)43(38-19-10-8-17-36(38)42)33-26-27-39-41(28-33)45-40-21-11-20-34(44(39)40)31-14-5-2-6-15-31/h1-28H/i1D,2D,3D,4D,5D,6D,7D,8D,9D,10D,11D,12D,13D,14D,15D,16D,17D,18D,19D,20D,21D,22D,23D,24D,25D,26D,27D,28D. The summed E-state index contributed by atoms with van der Waals surface area (Å²) in [7, 11) is 0. The molecule has 0 radical (unpaired) electrons. The molecule has 0 saturated carbocycles. The van der Waals surface area contributed by atoms with Gasteiger partial charge in [0.2, 0.25) is 0 Å². The van der Waals surface area contributed by atoms with Crippen molar-refractivity contribution >= 4 is 43.5 Å². The first-order chi connectivity index (χ1) is 34.0. The molecule has 0 saturated heterocycles. The van der Waals surface area contributed by atoms with Crippen molar-refractivity contribution in [3.63, 3.8) is 0 Å². The van der Waals surface area contributed by atoms with Crippen molar-refractivity contribution < 1.29 is 42.8 Å². The molecule has 1 aromatic heterocycles. The predicted octanol–water partition coefficient (Wildman–Crippen LogP) is 12.6. The van der Waals surface area contributed by atoms with Crippen LogP contribution in [0.3, 0.4) is 0 Å². The van der Waals surface area contributed by atoms with E-state index in [1.165, 1.54) is 0 Å². The molecule has 1 nitrogen and oxygen atoms in total. The van der Waals surface area contributed by atoms with Crippen LogP contribution in [0.1, 0.15) is 38.4 Å². The van der Waals surface area contributed by atoms with Crippen molar-refractivity contribution in [2.75, 3.05) is 0 Å². The third-order valence-corrected chi connectivity index (χ3v) is 7.07. The van der Waals surface area contributed by atoms with Crippen molar-refractivity contribution in [1.82, 2.24) is 0 Å². The van der Waals surface area contributed by atoms with Crippen molar-refractivity contribution in [3.8, 4) is 44.5 Å². The number of fused-ring (bicyclic) bond motifs is 5. The summed E-state index contributed by atoms with van der Waals surface area (Å²) >= 11 is 0. The monoisotopic (exact) mass is 600 g/mol. The average Bonchev–Trinajstić information content (AvgIpc) is 3.77. The van der Waals surface area contributed by atoms with Gasteiger partial charge in [-0.1, -0.05) is 151 Å². The van der Waals surface area contributed by atoms with Crippen molar-refractivity contribution in [2.45, 2.75) is 0 Å². The molecule has 45 heavy (non-hydrogen) atoms. The molecule has 0 aliphatic carbocycles. The average molecular weight is 601 g/mol. The zero-order chi connectivity index (χ0) is 54.1. The summed E-state index contributed by atoms with van der Waals surface area (Å²) in [5.41, 5.74) is -7.31. The fourth-order valence-electron chi connectivity index (χ4n) is 5.20. The van der Waals surface area contributed by atoms with Crippen LogP contribution in [-0.4, -0.2) is 0 Å². The SMILES string of the molecule is [2H]c1c([2H])c([2H])c(-c2c([2H])c([2H])c(-c3c4c([2H])c([2H])c([2H])c([2H])c4c(-c4c([2H])c([2H])c5c(oc6c([2H])c([2H])c([2H])c(-c7c([2H])c([2H])c([2H])c([2H])c7[2H])c65)c4[2H])c4c([2H])c([2H])c([2H])c([2H])c34)c([2H])c2[2H])c([2H])c1[2H]. The maximum Gasteiger partial charge on any atom is 0.136 e. The van der Waals surface area contributed by atoms with Gasteiger partial charge in [0, 0.05) is 10.8 Å². The van der Waals surface area contributed by atoms with Crippen LogP contribution < -0.4 is 0 Å². The second-order valence-corrected chi connectivity index (χ2v) is 9.51. The molecule has 0 N–H and O–H groups in total. The number of furan rings is 1. The van der Waals surface area contributed by atoms with E-state index in [9.17, 15) is 12.3 Å². The number of hydrogen-bond acceptors (Lipinski definition) is 1. The molecule has 0 aliphatic heterocycles. The molecule has 0 bridgehead atoms. The van der Waals surface area contributed by atoms with Crippen molar-refractivity contribution in [1.29, 1.82) is 0 Å². The van der Waals surface area contributed by atoms with E-state index in [0.717, 1.165) is 0 Å². The van der Waals surface area contributed by atoms with E-state index in [4.69, 9.17) is 30.5 Å². The molecule has 0 spiro atoms. The molecule has 1 heterocycles. The van der Waals surface area contributed by atoms with E-state index in [1.807, 2.05) is 0 Å². The largest absolute Gasteiger partial charge is 0.456 e. The quantitative estimate of drug-likeness (QED) is 0.183. The summed E-state index contributed by atoms with van der Waals surface area (Å²) in [5, 5.41) is -4.05. The highest BCUT2D eigenvalue weighted by atomic mass is 16.3. The normalized spacial score (nSPS) is 20.3. The third kappa shape index (κ3) is 4.17. The second kappa shape index (κ2) is 10.4. The Morgan fingerprint density at radius 1 is 0.333 bits per heavy atom. The smallest absolute Gasteiger partial charge is 0.136 e. The van der Waals surface area contributed by atoms with Gasteiger partial charge in [-0.2, -0.15) is 0 Å². The van der Waals surface area contributed by atoms with E-state index in [2.05, 4.69) is 0 Å². The van der Waals surface area contributed by atoms with Crippen LogP contribution in [0.5, 0.6) is 0 Å². The van der Waals surface area contributed by atoms with E-state index in [1.54, 1.807) is 0 Å². The summed E-state index contributed by atoms with van der Waals surface area (Å²) in [4.78, 5) is 0. The van der Waals surface area contributed by atoms with Crippen LogP contribution in [0, 0.1) is 0 Å².